The fraction of sp³-hybridized carbons (Fsp3) is 0.360. The maximum atomic E-state index is 4.45. The normalized spacial score (nSPS) is 14.6. The molecule has 170 valence electrons. The van der Waals surface area contributed by atoms with Crippen LogP contribution >= 0.6 is 24.0 Å². The third kappa shape index (κ3) is 7.06. The molecule has 6 nitrogen and oxygen atoms in total. The molecule has 2 N–H and O–H groups in total. The topological polar surface area (TPSA) is 57.5 Å². The molecule has 0 bridgehead atoms. The number of halogens is 1. The number of nitrogens with one attached hydrogen (secondary N) is 2. The molecule has 0 spiro atoms. The minimum Gasteiger partial charge on any atom is -0.352 e. The van der Waals surface area contributed by atoms with Crippen LogP contribution in [-0.2, 0) is 19.6 Å². The van der Waals surface area contributed by atoms with Crippen LogP contribution in [0.2, 0.25) is 0 Å². The van der Waals surface area contributed by atoms with Crippen LogP contribution in [0.1, 0.15) is 36.0 Å². The van der Waals surface area contributed by atoms with Crippen LogP contribution in [0.3, 0.4) is 0 Å². The van der Waals surface area contributed by atoms with Gasteiger partial charge in [0.25, 0.3) is 0 Å². The first-order valence-corrected chi connectivity index (χ1v) is 11.1. The number of para-hydroxylation sites is 1. The van der Waals surface area contributed by atoms with E-state index in [1.807, 2.05) is 47.4 Å². The van der Waals surface area contributed by atoms with Gasteiger partial charge in [-0.15, -0.1) is 24.0 Å². The molecule has 0 aliphatic carbocycles. The summed E-state index contributed by atoms with van der Waals surface area (Å²) in [4.78, 5) is 6.90. The maximum Gasteiger partial charge on any atom is 0.191 e. The lowest BCUT2D eigenvalue weighted by molar-refractivity contribution is 0.221. The van der Waals surface area contributed by atoms with Crippen molar-refractivity contribution in [3.05, 3.63) is 83.7 Å². The minimum absolute atomic E-state index is 0. The Morgan fingerprint density at radius 3 is 2.22 bits per heavy atom. The van der Waals surface area contributed by atoms with Gasteiger partial charge in [-0.3, -0.25) is 9.89 Å². The predicted octanol–water partition coefficient (Wildman–Crippen LogP) is 4.34. The van der Waals surface area contributed by atoms with Crippen molar-refractivity contribution in [2.45, 2.75) is 38.9 Å². The average molecular weight is 544 g/mol. The lowest BCUT2D eigenvalue weighted by Crippen LogP contribution is -2.36. The highest BCUT2D eigenvalue weighted by Gasteiger charge is 2.10. The Morgan fingerprint density at radius 2 is 1.53 bits per heavy atom. The zero-order valence-electron chi connectivity index (χ0n) is 18.7. The monoisotopic (exact) mass is 544 g/mol. The van der Waals surface area contributed by atoms with Gasteiger partial charge < -0.3 is 10.6 Å². The molecular weight excluding hydrogens is 511 g/mol. The van der Waals surface area contributed by atoms with Crippen LogP contribution in [0.15, 0.2) is 72.0 Å². The summed E-state index contributed by atoms with van der Waals surface area (Å²) in [6, 6.07) is 19.0. The summed E-state index contributed by atoms with van der Waals surface area (Å²) in [6.45, 7) is 4.94. The van der Waals surface area contributed by atoms with Crippen molar-refractivity contribution in [3.63, 3.8) is 0 Å². The molecule has 2 aromatic carbocycles. The average Bonchev–Trinajstić information content (AvgIpc) is 3.31. The number of hydrogen-bond acceptors (Lipinski definition) is 3. The van der Waals surface area contributed by atoms with Crippen molar-refractivity contribution in [2.75, 3.05) is 20.1 Å². The van der Waals surface area contributed by atoms with E-state index in [2.05, 4.69) is 49.9 Å². The van der Waals surface area contributed by atoms with Crippen molar-refractivity contribution in [1.29, 1.82) is 0 Å². The number of aliphatic imine (C=N–C) groups is 1. The Hall–Kier alpha value is -2.39. The van der Waals surface area contributed by atoms with Gasteiger partial charge in [0.15, 0.2) is 5.96 Å². The van der Waals surface area contributed by atoms with Crippen LogP contribution in [0.5, 0.6) is 0 Å². The molecule has 1 fully saturated rings. The largest absolute Gasteiger partial charge is 0.352 e. The standard InChI is InChI=1S/C25H32N6.HI/c1-26-25(28-17-23-18-29-31(20-23)24-8-4-2-5-9-24)27-16-21-10-12-22(13-11-21)19-30-14-6-3-7-15-30;/h2,4-5,8-13,18,20H,3,6-7,14-17,19H2,1H3,(H2,26,27,28);1H. The molecule has 0 unspecified atom stereocenters. The second-order valence-corrected chi connectivity index (χ2v) is 8.06. The van der Waals surface area contributed by atoms with Gasteiger partial charge in [-0.05, 0) is 49.2 Å². The Labute approximate surface area is 208 Å². The zero-order valence-corrected chi connectivity index (χ0v) is 21.0. The summed E-state index contributed by atoms with van der Waals surface area (Å²) in [6.07, 6.45) is 7.97. The second-order valence-electron chi connectivity index (χ2n) is 8.06. The molecule has 0 radical (unpaired) electrons. The number of likely N-dealkylation sites (tertiary alicyclic amines) is 1. The number of piperidine rings is 1. The van der Waals surface area contributed by atoms with Gasteiger partial charge >= 0.3 is 0 Å². The number of hydrogen-bond donors (Lipinski definition) is 2. The Kier molecular flexibility index (Phi) is 9.55. The van der Waals surface area contributed by atoms with Gasteiger partial charge in [-0.2, -0.15) is 5.10 Å². The zero-order chi connectivity index (χ0) is 21.3. The van der Waals surface area contributed by atoms with Crippen molar-refractivity contribution >= 4 is 29.9 Å². The van der Waals surface area contributed by atoms with E-state index in [-0.39, 0.29) is 24.0 Å². The summed E-state index contributed by atoms with van der Waals surface area (Å²) in [5, 5.41) is 11.2. The van der Waals surface area contributed by atoms with Crippen LogP contribution in [0.25, 0.3) is 5.69 Å². The first-order valence-electron chi connectivity index (χ1n) is 11.1. The Balaban J connectivity index is 0.00000289. The third-order valence-electron chi connectivity index (χ3n) is 5.68. The number of guanidine groups is 1. The second kappa shape index (κ2) is 12.6. The van der Waals surface area contributed by atoms with Gasteiger partial charge in [0.05, 0.1) is 11.9 Å². The van der Waals surface area contributed by atoms with E-state index in [1.165, 1.54) is 43.5 Å². The van der Waals surface area contributed by atoms with Gasteiger partial charge in [0, 0.05) is 38.4 Å². The summed E-state index contributed by atoms with van der Waals surface area (Å²) in [7, 11) is 1.80. The van der Waals surface area contributed by atoms with Gasteiger partial charge in [-0.1, -0.05) is 48.9 Å². The van der Waals surface area contributed by atoms with Gasteiger partial charge in [-0.25, -0.2) is 4.68 Å². The number of benzene rings is 2. The van der Waals surface area contributed by atoms with E-state index in [4.69, 9.17) is 0 Å². The molecular formula is C25H33IN6. The van der Waals surface area contributed by atoms with Crippen LogP contribution < -0.4 is 10.6 Å². The smallest absolute Gasteiger partial charge is 0.191 e. The highest BCUT2D eigenvalue weighted by molar-refractivity contribution is 14.0. The molecule has 0 saturated carbocycles. The van der Waals surface area contributed by atoms with Crippen LogP contribution in [-0.4, -0.2) is 40.8 Å². The number of aromatic nitrogens is 2. The third-order valence-corrected chi connectivity index (χ3v) is 5.68. The molecule has 1 saturated heterocycles. The maximum absolute atomic E-state index is 4.45. The molecule has 32 heavy (non-hydrogen) atoms. The van der Waals surface area contributed by atoms with Crippen molar-refractivity contribution < 1.29 is 0 Å². The summed E-state index contributed by atoms with van der Waals surface area (Å²) in [5.41, 5.74) is 4.81. The first kappa shape index (κ1) is 24.3. The van der Waals surface area contributed by atoms with Crippen LogP contribution in [0.4, 0.5) is 0 Å². The minimum atomic E-state index is 0. The van der Waals surface area contributed by atoms with Crippen molar-refractivity contribution in [3.8, 4) is 5.69 Å². The van der Waals surface area contributed by atoms with E-state index >= 15 is 0 Å². The molecule has 1 aliphatic heterocycles. The molecule has 0 amide bonds. The lowest BCUT2D eigenvalue weighted by Gasteiger charge is -2.26. The predicted molar refractivity (Wildman–Crippen MR) is 142 cm³/mol. The molecule has 4 rings (SSSR count). The lowest BCUT2D eigenvalue weighted by atomic mass is 10.1. The molecule has 1 aromatic heterocycles. The fourth-order valence-corrected chi connectivity index (χ4v) is 3.90. The summed E-state index contributed by atoms with van der Waals surface area (Å²) >= 11 is 0. The molecule has 0 atom stereocenters. The molecule has 1 aliphatic rings. The molecule has 2 heterocycles. The van der Waals surface area contributed by atoms with Crippen molar-refractivity contribution in [1.82, 2.24) is 25.3 Å². The fourth-order valence-electron chi connectivity index (χ4n) is 3.90. The first-order chi connectivity index (χ1) is 15.3. The molecule has 3 aromatic rings. The van der Waals surface area contributed by atoms with E-state index in [0.29, 0.717) is 6.54 Å². The van der Waals surface area contributed by atoms with E-state index in [9.17, 15) is 0 Å². The Bertz CT molecular complexity index is 962. The highest BCUT2D eigenvalue weighted by Crippen LogP contribution is 2.13. The number of nitrogens with zero attached hydrogens (tertiary/aromatic N) is 4. The van der Waals surface area contributed by atoms with Crippen molar-refractivity contribution in [2.24, 2.45) is 4.99 Å². The number of rotatable bonds is 7. The van der Waals surface area contributed by atoms with E-state index in [0.717, 1.165) is 30.3 Å². The van der Waals surface area contributed by atoms with E-state index < -0.39 is 0 Å². The molecule has 7 heteroatoms. The van der Waals surface area contributed by atoms with E-state index in [1.54, 1.807) is 7.05 Å². The summed E-state index contributed by atoms with van der Waals surface area (Å²) in [5.74, 6) is 0.782. The Morgan fingerprint density at radius 1 is 0.875 bits per heavy atom. The van der Waals surface area contributed by atoms with Crippen LogP contribution in [0, 0.1) is 0 Å². The SMILES string of the molecule is CN=C(NCc1ccc(CN2CCCCC2)cc1)NCc1cnn(-c2ccccc2)c1.I. The highest BCUT2D eigenvalue weighted by atomic mass is 127. The summed E-state index contributed by atoms with van der Waals surface area (Å²) < 4.78 is 1.89. The van der Waals surface area contributed by atoms with Gasteiger partial charge in [0.1, 0.15) is 0 Å². The quantitative estimate of drug-likeness (QED) is 0.264. The van der Waals surface area contributed by atoms with Gasteiger partial charge in [0.2, 0.25) is 0 Å².